The topological polar surface area (TPSA) is 55.6 Å². The van der Waals surface area contributed by atoms with Gasteiger partial charge in [0, 0.05) is 11.7 Å². The Morgan fingerprint density at radius 1 is 1.24 bits per heavy atom. The van der Waals surface area contributed by atoms with Gasteiger partial charge < -0.3 is 5.32 Å². The summed E-state index contributed by atoms with van der Waals surface area (Å²) in [5.41, 5.74) is 3.85. The average molecular weight is 285 g/mol. The number of nitrogens with zero attached hydrogens (tertiary/aromatic N) is 4. The van der Waals surface area contributed by atoms with Crippen molar-refractivity contribution in [1.29, 1.82) is 0 Å². The third-order valence-corrected chi connectivity index (χ3v) is 4.51. The lowest BCUT2D eigenvalue weighted by Crippen LogP contribution is -2.29. The molecule has 1 aliphatic carbocycles. The van der Waals surface area contributed by atoms with Crippen LogP contribution in [0.5, 0.6) is 0 Å². The second kappa shape index (κ2) is 5.47. The van der Waals surface area contributed by atoms with Crippen molar-refractivity contribution in [2.45, 2.75) is 52.5 Å². The molecule has 1 N–H and O–H groups in total. The van der Waals surface area contributed by atoms with Gasteiger partial charge in [-0.1, -0.05) is 19.9 Å². The minimum atomic E-state index is 0.503. The van der Waals surface area contributed by atoms with E-state index in [4.69, 9.17) is 0 Å². The van der Waals surface area contributed by atoms with Gasteiger partial charge in [-0.05, 0) is 66.1 Å². The highest BCUT2D eigenvalue weighted by atomic mass is 15.5. The fraction of sp³-hybridized carbons (Fsp3) is 0.562. The Morgan fingerprint density at radius 2 is 2.00 bits per heavy atom. The summed E-state index contributed by atoms with van der Waals surface area (Å²) in [6, 6.07) is 6.96. The van der Waals surface area contributed by atoms with Crippen LogP contribution in [-0.2, 0) is 0 Å². The van der Waals surface area contributed by atoms with E-state index in [0.29, 0.717) is 11.5 Å². The van der Waals surface area contributed by atoms with Gasteiger partial charge in [-0.2, -0.15) is 0 Å². The lowest BCUT2D eigenvalue weighted by Gasteiger charge is -2.35. The Morgan fingerprint density at radius 3 is 2.67 bits per heavy atom. The van der Waals surface area contributed by atoms with Crippen LogP contribution in [0.1, 0.15) is 45.1 Å². The second-order valence-electron chi connectivity index (χ2n) is 6.84. The summed E-state index contributed by atoms with van der Waals surface area (Å²) in [6.45, 7) is 6.81. The van der Waals surface area contributed by atoms with E-state index in [-0.39, 0.29) is 0 Å². The predicted octanol–water partition coefficient (Wildman–Crippen LogP) is 3.35. The number of nitrogens with one attached hydrogen (secondary N) is 1. The van der Waals surface area contributed by atoms with Gasteiger partial charge in [-0.3, -0.25) is 0 Å². The summed E-state index contributed by atoms with van der Waals surface area (Å²) in [5, 5.41) is 15.1. The quantitative estimate of drug-likeness (QED) is 0.939. The van der Waals surface area contributed by atoms with E-state index >= 15 is 0 Å². The molecule has 1 aliphatic rings. The number of aromatic nitrogens is 4. The monoisotopic (exact) mass is 285 g/mol. The maximum absolute atomic E-state index is 3.98. The van der Waals surface area contributed by atoms with E-state index < -0.39 is 0 Å². The van der Waals surface area contributed by atoms with Gasteiger partial charge in [0.1, 0.15) is 6.33 Å². The molecule has 3 rings (SSSR count). The van der Waals surface area contributed by atoms with Crippen LogP contribution in [0.15, 0.2) is 24.5 Å². The number of rotatable bonds is 3. The fourth-order valence-electron chi connectivity index (χ4n) is 3.00. The van der Waals surface area contributed by atoms with Crippen LogP contribution in [0.25, 0.3) is 5.69 Å². The van der Waals surface area contributed by atoms with Crippen molar-refractivity contribution in [2.75, 3.05) is 5.32 Å². The van der Waals surface area contributed by atoms with Crippen molar-refractivity contribution >= 4 is 5.69 Å². The number of anilines is 1. The molecule has 1 aromatic carbocycles. The third kappa shape index (κ3) is 3.23. The zero-order valence-electron chi connectivity index (χ0n) is 13.0. The molecule has 1 aromatic heterocycles. The molecular weight excluding hydrogens is 262 g/mol. The number of hydrogen-bond donors (Lipinski definition) is 1. The van der Waals surface area contributed by atoms with E-state index in [0.717, 1.165) is 16.9 Å². The van der Waals surface area contributed by atoms with Crippen LogP contribution >= 0.6 is 0 Å². The first-order chi connectivity index (χ1) is 10.0. The molecule has 5 nitrogen and oxygen atoms in total. The van der Waals surface area contributed by atoms with Crippen molar-refractivity contribution in [3.8, 4) is 5.69 Å². The van der Waals surface area contributed by atoms with Crippen LogP contribution in [0.3, 0.4) is 0 Å². The SMILES string of the molecule is Cc1ccc(NC2CCC(C)(C)CC2)cc1-n1cnnn1. The Balaban J connectivity index is 1.74. The van der Waals surface area contributed by atoms with E-state index in [1.54, 1.807) is 11.0 Å². The summed E-state index contributed by atoms with van der Waals surface area (Å²) in [5.74, 6) is 0. The van der Waals surface area contributed by atoms with E-state index in [9.17, 15) is 0 Å². The van der Waals surface area contributed by atoms with E-state index in [1.165, 1.54) is 25.7 Å². The Labute approximate surface area is 125 Å². The highest BCUT2D eigenvalue weighted by Crippen LogP contribution is 2.36. The molecule has 0 spiro atoms. The van der Waals surface area contributed by atoms with Crippen LogP contribution in [0, 0.1) is 12.3 Å². The number of benzene rings is 1. The summed E-state index contributed by atoms with van der Waals surface area (Å²) in [6.07, 6.45) is 6.68. The lowest BCUT2D eigenvalue weighted by atomic mass is 9.75. The highest BCUT2D eigenvalue weighted by molar-refractivity contribution is 5.55. The molecule has 0 aliphatic heterocycles. The van der Waals surface area contributed by atoms with E-state index in [2.05, 4.69) is 59.8 Å². The van der Waals surface area contributed by atoms with Crippen molar-refractivity contribution in [2.24, 2.45) is 5.41 Å². The molecule has 112 valence electrons. The molecule has 0 amide bonds. The smallest absolute Gasteiger partial charge is 0.143 e. The third-order valence-electron chi connectivity index (χ3n) is 4.51. The van der Waals surface area contributed by atoms with Crippen LogP contribution < -0.4 is 5.32 Å². The maximum atomic E-state index is 3.98. The number of hydrogen-bond acceptors (Lipinski definition) is 4. The summed E-state index contributed by atoms with van der Waals surface area (Å²) in [4.78, 5) is 0. The van der Waals surface area contributed by atoms with Gasteiger partial charge in [0.2, 0.25) is 0 Å². The van der Waals surface area contributed by atoms with Gasteiger partial charge in [0.15, 0.2) is 0 Å². The molecule has 5 heteroatoms. The molecular formula is C16H23N5. The van der Waals surface area contributed by atoms with Crippen molar-refractivity contribution in [1.82, 2.24) is 20.2 Å². The van der Waals surface area contributed by atoms with Gasteiger partial charge >= 0.3 is 0 Å². The first-order valence-electron chi connectivity index (χ1n) is 7.64. The van der Waals surface area contributed by atoms with Gasteiger partial charge in [0.05, 0.1) is 5.69 Å². The summed E-state index contributed by atoms with van der Waals surface area (Å²) >= 11 is 0. The highest BCUT2D eigenvalue weighted by Gasteiger charge is 2.26. The molecule has 0 bridgehead atoms. The number of aryl methyl sites for hydroxylation is 1. The predicted molar refractivity (Wildman–Crippen MR) is 83.6 cm³/mol. The summed E-state index contributed by atoms with van der Waals surface area (Å²) < 4.78 is 1.71. The molecule has 0 saturated heterocycles. The van der Waals surface area contributed by atoms with Crippen molar-refractivity contribution in [3.05, 3.63) is 30.1 Å². The Hall–Kier alpha value is -1.91. The zero-order chi connectivity index (χ0) is 14.9. The molecule has 0 atom stereocenters. The van der Waals surface area contributed by atoms with Crippen LogP contribution in [0.4, 0.5) is 5.69 Å². The standard InChI is InChI=1S/C16H23N5/c1-12-4-5-14(10-15(12)21-11-17-19-20-21)18-13-6-8-16(2,3)9-7-13/h4-5,10-11,13,18H,6-9H2,1-3H3. The maximum Gasteiger partial charge on any atom is 0.143 e. The molecule has 21 heavy (non-hydrogen) atoms. The first kappa shape index (κ1) is 14.0. The molecule has 1 fully saturated rings. The molecule has 2 aromatic rings. The van der Waals surface area contributed by atoms with E-state index in [1.807, 2.05) is 0 Å². The first-order valence-corrected chi connectivity index (χ1v) is 7.64. The minimum Gasteiger partial charge on any atom is -0.382 e. The Kier molecular flexibility index (Phi) is 3.66. The second-order valence-corrected chi connectivity index (χ2v) is 6.84. The van der Waals surface area contributed by atoms with Gasteiger partial charge in [-0.25, -0.2) is 4.68 Å². The average Bonchev–Trinajstić information content (AvgIpc) is 2.97. The zero-order valence-corrected chi connectivity index (χ0v) is 13.0. The fourth-order valence-corrected chi connectivity index (χ4v) is 3.00. The Bertz CT molecular complexity index is 593. The minimum absolute atomic E-state index is 0.503. The molecule has 0 radical (unpaired) electrons. The molecule has 1 heterocycles. The van der Waals surface area contributed by atoms with Gasteiger partial charge in [-0.15, -0.1) is 5.10 Å². The van der Waals surface area contributed by atoms with Crippen molar-refractivity contribution in [3.63, 3.8) is 0 Å². The number of tetrazole rings is 1. The summed E-state index contributed by atoms with van der Waals surface area (Å²) in [7, 11) is 0. The lowest BCUT2D eigenvalue weighted by molar-refractivity contribution is 0.232. The largest absolute Gasteiger partial charge is 0.382 e. The molecule has 0 unspecified atom stereocenters. The van der Waals surface area contributed by atoms with Crippen LogP contribution in [-0.4, -0.2) is 26.2 Å². The van der Waals surface area contributed by atoms with Gasteiger partial charge in [0.25, 0.3) is 0 Å². The van der Waals surface area contributed by atoms with Crippen molar-refractivity contribution < 1.29 is 0 Å². The van der Waals surface area contributed by atoms with Crippen LogP contribution in [0.2, 0.25) is 0 Å². The normalized spacial score (nSPS) is 18.6. The molecule has 1 saturated carbocycles.